The molecule has 0 heteroatoms. The highest BCUT2D eigenvalue weighted by atomic mass is 14.3. The summed E-state index contributed by atoms with van der Waals surface area (Å²) in [7, 11) is 0. The summed E-state index contributed by atoms with van der Waals surface area (Å²) in [6.07, 6.45) is 18.5. The summed E-state index contributed by atoms with van der Waals surface area (Å²) in [5.41, 5.74) is 9.97. The molecule has 17 heavy (non-hydrogen) atoms. The molecule has 0 saturated heterocycles. The van der Waals surface area contributed by atoms with Crippen molar-refractivity contribution in [3.63, 3.8) is 0 Å². The molecule has 2 aliphatic rings. The third-order valence-electron chi connectivity index (χ3n) is 3.03. The van der Waals surface area contributed by atoms with Crippen LogP contribution in [-0.4, -0.2) is 0 Å². The first-order valence-electron chi connectivity index (χ1n) is 5.40. The van der Waals surface area contributed by atoms with Gasteiger partial charge in [0, 0.05) is 16.6 Å². The van der Waals surface area contributed by atoms with Crippen LogP contribution in [0.15, 0.2) is 58.1 Å². The van der Waals surface area contributed by atoms with Crippen LogP contribution in [0.5, 0.6) is 0 Å². The number of terminal acetylenes is 2. The van der Waals surface area contributed by atoms with Crippen LogP contribution in [0.3, 0.4) is 0 Å². The summed E-state index contributed by atoms with van der Waals surface area (Å²) in [4.78, 5) is 0. The molecule has 0 saturated carbocycles. The molecular weight excluding hydrogens is 204 g/mol. The van der Waals surface area contributed by atoms with Crippen LogP contribution in [0.2, 0.25) is 0 Å². The van der Waals surface area contributed by atoms with Gasteiger partial charge in [0.25, 0.3) is 0 Å². The second-order valence-corrected chi connectivity index (χ2v) is 4.49. The largest absolute Gasteiger partial charge is 0.114 e. The van der Waals surface area contributed by atoms with E-state index in [0.29, 0.717) is 0 Å². The zero-order chi connectivity index (χ0) is 12.5. The van der Waals surface area contributed by atoms with E-state index in [4.69, 9.17) is 12.8 Å². The molecule has 0 aromatic carbocycles. The molecule has 0 bridgehead atoms. The lowest BCUT2D eigenvalue weighted by molar-refractivity contribution is 0.570. The minimum atomic E-state index is -0.176. The number of allylic oxidation sites excluding steroid dienone is 6. The van der Waals surface area contributed by atoms with E-state index in [1.807, 2.05) is 24.3 Å². The maximum Gasteiger partial charge on any atom is 0.0664 e. The van der Waals surface area contributed by atoms with Gasteiger partial charge in [0.05, 0.1) is 11.1 Å². The van der Waals surface area contributed by atoms with Gasteiger partial charge in [-0.3, -0.25) is 0 Å². The fourth-order valence-electron chi connectivity index (χ4n) is 1.83. The van der Waals surface area contributed by atoms with Crippen LogP contribution in [0, 0.1) is 30.1 Å². The second kappa shape index (κ2) is 3.90. The fourth-order valence-corrected chi connectivity index (χ4v) is 1.83. The average molecular weight is 216 g/mol. The molecule has 0 amide bonds. The quantitative estimate of drug-likeness (QED) is 0.490. The van der Waals surface area contributed by atoms with Crippen molar-refractivity contribution in [1.29, 1.82) is 0 Å². The van der Waals surface area contributed by atoms with Gasteiger partial charge in [0.15, 0.2) is 0 Å². The van der Waals surface area contributed by atoms with E-state index in [2.05, 4.69) is 37.2 Å². The van der Waals surface area contributed by atoms with E-state index in [1.165, 1.54) is 0 Å². The molecule has 2 rings (SSSR count). The first-order chi connectivity index (χ1) is 8.07. The molecule has 0 N–H and O–H groups in total. The van der Waals surface area contributed by atoms with Gasteiger partial charge >= 0.3 is 0 Å². The molecule has 80 valence electrons. The van der Waals surface area contributed by atoms with Crippen LogP contribution < -0.4 is 0 Å². The normalized spacial score (nSPS) is 16.9. The third kappa shape index (κ3) is 1.85. The number of hydrogen-bond donors (Lipinski definition) is 0. The Morgan fingerprint density at radius 3 is 1.59 bits per heavy atom. The zero-order valence-electron chi connectivity index (χ0n) is 9.96. The summed E-state index contributed by atoms with van der Waals surface area (Å²) in [5.74, 6) is 5.18. The molecule has 0 unspecified atom stereocenters. The van der Waals surface area contributed by atoms with E-state index in [9.17, 15) is 0 Å². The molecule has 2 aliphatic carbocycles. The monoisotopic (exact) mass is 216 g/mol. The van der Waals surface area contributed by atoms with Crippen LogP contribution in [-0.2, 0) is 0 Å². The topological polar surface area (TPSA) is 0 Å². The van der Waals surface area contributed by atoms with Gasteiger partial charge in [-0.05, 0) is 24.3 Å². The van der Waals surface area contributed by atoms with E-state index in [-0.39, 0.29) is 5.41 Å². The molecule has 0 aromatic rings. The Balaban J connectivity index is 2.50. The molecule has 0 aromatic heterocycles. The zero-order valence-corrected chi connectivity index (χ0v) is 9.96. The molecule has 0 heterocycles. The van der Waals surface area contributed by atoms with Crippen LogP contribution in [0.4, 0.5) is 0 Å². The van der Waals surface area contributed by atoms with E-state index in [0.717, 1.165) is 22.3 Å². The van der Waals surface area contributed by atoms with Crippen LogP contribution in [0.1, 0.15) is 13.8 Å². The lowest BCUT2D eigenvalue weighted by Crippen LogP contribution is -2.14. The van der Waals surface area contributed by atoms with Gasteiger partial charge in [0.1, 0.15) is 0 Å². The maximum atomic E-state index is 5.36. The predicted octanol–water partition coefficient (Wildman–Crippen LogP) is 3.32. The Labute approximate surface area is 102 Å². The molecule has 0 nitrogen and oxygen atoms in total. The van der Waals surface area contributed by atoms with Crippen molar-refractivity contribution in [3.8, 4) is 24.7 Å². The van der Waals surface area contributed by atoms with E-state index < -0.39 is 0 Å². The Kier molecular flexibility index (Phi) is 2.55. The van der Waals surface area contributed by atoms with Gasteiger partial charge in [-0.2, -0.15) is 0 Å². The van der Waals surface area contributed by atoms with Crippen LogP contribution >= 0.6 is 0 Å². The minimum Gasteiger partial charge on any atom is -0.114 e. The highest BCUT2D eigenvalue weighted by Gasteiger charge is 2.28. The lowest BCUT2D eigenvalue weighted by atomic mass is 9.78. The first kappa shape index (κ1) is 11.1. The van der Waals surface area contributed by atoms with E-state index in [1.54, 1.807) is 0 Å². The SMILES string of the molecule is C#CC1=C=C(C(C)(C)C2=C=C(C#C)C=C2)C=C1. The van der Waals surface area contributed by atoms with Crippen molar-refractivity contribution in [2.24, 2.45) is 5.41 Å². The summed E-state index contributed by atoms with van der Waals surface area (Å²) in [5, 5.41) is 0. The highest BCUT2D eigenvalue weighted by molar-refractivity contribution is 5.54. The van der Waals surface area contributed by atoms with Gasteiger partial charge in [0.2, 0.25) is 0 Å². The fraction of sp³-hybridized carbons (Fsp3) is 0.176. The van der Waals surface area contributed by atoms with Gasteiger partial charge in [-0.15, -0.1) is 12.8 Å². The van der Waals surface area contributed by atoms with Crippen molar-refractivity contribution in [2.75, 3.05) is 0 Å². The molecule has 0 radical (unpaired) electrons. The van der Waals surface area contributed by atoms with Gasteiger partial charge in [-0.25, -0.2) is 0 Å². The molecule has 0 fully saturated rings. The molecule has 0 atom stereocenters. The smallest absolute Gasteiger partial charge is 0.0664 e. The molecular formula is C17H12. The van der Waals surface area contributed by atoms with Crippen molar-refractivity contribution in [2.45, 2.75) is 13.8 Å². The van der Waals surface area contributed by atoms with Gasteiger partial charge in [-0.1, -0.05) is 37.2 Å². The third-order valence-corrected chi connectivity index (χ3v) is 3.03. The Bertz CT molecular complexity index is 588. The molecule has 0 spiro atoms. The standard InChI is InChI=1S/C17H12/c1-5-13-7-9-15(11-13)17(3,4)16-10-8-14(6-2)12-16/h1-2,7-10H,3-4H3. The van der Waals surface area contributed by atoms with Crippen molar-refractivity contribution in [1.82, 2.24) is 0 Å². The minimum absolute atomic E-state index is 0.176. The number of rotatable bonds is 2. The number of hydrogen-bond acceptors (Lipinski definition) is 0. The molecule has 0 aliphatic heterocycles. The summed E-state index contributed by atoms with van der Waals surface area (Å²) >= 11 is 0. The van der Waals surface area contributed by atoms with Crippen molar-refractivity contribution in [3.05, 3.63) is 58.1 Å². The first-order valence-corrected chi connectivity index (χ1v) is 5.40. The summed E-state index contributed by atoms with van der Waals surface area (Å²) < 4.78 is 0. The lowest BCUT2D eigenvalue weighted by Gasteiger charge is -2.23. The maximum absolute atomic E-state index is 5.36. The summed E-state index contributed by atoms with van der Waals surface area (Å²) in [6, 6.07) is 0. The van der Waals surface area contributed by atoms with Crippen molar-refractivity contribution < 1.29 is 0 Å². The Morgan fingerprint density at radius 1 is 0.882 bits per heavy atom. The Morgan fingerprint density at radius 2 is 1.29 bits per heavy atom. The van der Waals surface area contributed by atoms with Gasteiger partial charge < -0.3 is 0 Å². The average Bonchev–Trinajstić information content (AvgIpc) is 2.98. The van der Waals surface area contributed by atoms with Crippen molar-refractivity contribution >= 4 is 0 Å². The summed E-state index contributed by atoms with van der Waals surface area (Å²) in [6.45, 7) is 4.23. The second-order valence-electron chi connectivity index (χ2n) is 4.49. The highest BCUT2D eigenvalue weighted by Crippen LogP contribution is 2.38. The predicted molar refractivity (Wildman–Crippen MR) is 70.8 cm³/mol. The Hall–Kier alpha value is -2.36. The van der Waals surface area contributed by atoms with E-state index >= 15 is 0 Å². The van der Waals surface area contributed by atoms with Crippen LogP contribution in [0.25, 0.3) is 0 Å².